The van der Waals surface area contributed by atoms with Crippen LogP contribution in [0.5, 0.6) is 0 Å². The van der Waals surface area contributed by atoms with Crippen molar-refractivity contribution in [1.82, 2.24) is 24.5 Å². The fourth-order valence-electron chi connectivity index (χ4n) is 5.44. The summed E-state index contributed by atoms with van der Waals surface area (Å²) in [6, 6.07) is 15.2. The van der Waals surface area contributed by atoms with Gasteiger partial charge in [0.05, 0.1) is 5.69 Å². The maximum absolute atomic E-state index is 13.7. The molecule has 7 nitrogen and oxygen atoms in total. The molecule has 0 bridgehead atoms. The molecule has 2 aliphatic rings. The number of nitrogens with zero attached hydrogens (tertiary/aromatic N) is 6. The van der Waals surface area contributed by atoms with Crippen molar-refractivity contribution in [3.8, 4) is 22.5 Å². The molecule has 1 N–H and O–H groups in total. The van der Waals surface area contributed by atoms with Crippen LogP contribution in [0.1, 0.15) is 25.7 Å². The summed E-state index contributed by atoms with van der Waals surface area (Å²) >= 11 is 0. The zero-order valence-electron chi connectivity index (χ0n) is 20.0. The predicted molar refractivity (Wildman–Crippen MR) is 137 cm³/mol. The Morgan fingerprint density at radius 2 is 1.69 bits per heavy atom. The molecule has 0 spiro atoms. The lowest BCUT2D eigenvalue weighted by Crippen LogP contribution is -2.44. The van der Waals surface area contributed by atoms with Crippen molar-refractivity contribution in [3.05, 3.63) is 60.5 Å². The SMILES string of the molecule is CNc1cc(-c2c(-c3ccc(F)cc3)nc3ccc(N4CCC(N5CCCC5)CC4)nn23)ccn1. The van der Waals surface area contributed by atoms with Crippen molar-refractivity contribution in [2.45, 2.75) is 31.7 Å². The number of hydrogen-bond acceptors (Lipinski definition) is 6. The molecule has 3 aromatic heterocycles. The highest BCUT2D eigenvalue weighted by molar-refractivity contribution is 5.82. The van der Waals surface area contributed by atoms with Crippen molar-refractivity contribution in [2.24, 2.45) is 0 Å². The third-order valence-electron chi connectivity index (χ3n) is 7.32. The van der Waals surface area contributed by atoms with Crippen LogP contribution in [-0.2, 0) is 0 Å². The third-order valence-corrected chi connectivity index (χ3v) is 7.32. The number of nitrogens with one attached hydrogen (secondary N) is 1. The number of halogens is 1. The van der Waals surface area contributed by atoms with E-state index < -0.39 is 0 Å². The van der Waals surface area contributed by atoms with Crippen LogP contribution in [0.4, 0.5) is 16.0 Å². The molecule has 0 aliphatic carbocycles. The monoisotopic (exact) mass is 471 g/mol. The minimum absolute atomic E-state index is 0.266. The molecular formula is C27H30FN7. The summed E-state index contributed by atoms with van der Waals surface area (Å²) < 4.78 is 15.6. The number of benzene rings is 1. The first-order valence-corrected chi connectivity index (χ1v) is 12.5. The van der Waals surface area contributed by atoms with Gasteiger partial charge in [-0.1, -0.05) is 0 Å². The molecule has 0 atom stereocenters. The quantitative estimate of drug-likeness (QED) is 0.455. The zero-order valence-corrected chi connectivity index (χ0v) is 20.0. The van der Waals surface area contributed by atoms with Crippen LogP contribution in [0, 0.1) is 5.82 Å². The van der Waals surface area contributed by atoms with Crippen LogP contribution < -0.4 is 10.2 Å². The number of rotatable bonds is 5. The van der Waals surface area contributed by atoms with Crippen LogP contribution in [0.3, 0.4) is 0 Å². The minimum atomic E-state index is -0.266. The molecule has 2 aliphatic heterocycles. The number of fused-ring (bicyclic) bond motifs is 1. The Bertz CT molecular complexity index is 1320. The van der Waals surface area contributed by atoms with Crippen molar-refractivity contribution < 1.29 is 4.39 Å². The van der Waals surface area contributed by atoms with Gasteiger partial charge >= 0.3 is 0 Å². The van der Waals surface area contributed by atoms with Crippen LogP contribution in [0.2, 0.25) is 0 Å². The number of pyridine rings is 1. The Labute approximate surface area is 204 Å². The Morgan fingerprint density at radius 3 is 2.43 bits per heavy atom. The second-order valence-electron chi connectivity index (χ2n) is 9.42. The summed E-state index contributed by atoms with van der Waals surface area (Å²) in [5, 5.41) is 8.18. The van der Waals surface area contributed by atoms with Gasteiger partial charge in [-0.25, -0.2) is 18.9 Å². The fraction of sp³-hybridized carbons (Fsp3) is 0.370. The normalized spacial score (nSPS) is 17.4. The maximum atomic E-state index is 13.7. The molecule has 180 valence electrons. The molecule has 2 saturated heterocycles. The van der Waals surface area contributed by atoms with E-state index in [-0.39, 0.29) is 5.82 Å². The van der Waals surface area contributed by atoms with Gasteiger partial charge < -0.3 is 15.1 Å². The number of imidazole rings is 1. The van der Waals surface area contributed by atoms with Gasteiger partial charge in [-0.3, -0.25) is 0 Å². The van der Waals surface area contributed by atoms with E-state index in [0.29, 0.717) is 6.04 Å². The van der Waals surface area contributed by atoms with E-state index in [0.717, 1.165) is 52.9 Å². The van der Waals surface area contributed by atoms with Crippen LogP contribution in [0.25, 0.3) is 28.2 Å². The van der Waals surface area contributed by atoms with E-state index in [4.69, 9.17) is 10.1 Å². The Hall–Kier alpha value is -3.52. The molecule has 0 unspecified atom stereocenters. The standard InChI is InChI=1S/C27H30FN7/c1-29-23-18-20(10-13-30-23)27-26(19-4-6-21(28)7-5-19)31-24-8-9-25(32-35(24)27)34-16-11-22(12-17-34)33-14-2-3-15-33/h4-10,13,18,22H,2-3,11-12,14-17H2,1H3,(H,29,30). The van der Waals surface area contributed by atoms with Gasteiger partial charge in [0.2, 0.25) is 0 Å². The molecule has 2 fully saturated rings. The van der Waals surface area contributed by atoms with Gasteiger partial charge in [-0.2, -0.15) is 0 Å². The first-order chi connectivity index (χ1) is 17.2. The van der Waals surface area contributed by atoms with Gasteiger partial charge in [0.25, 0.3) is 0 Å². The second kappa shape index (κ2) is 9.26. The number of aromatic nitrogens is 4. The number of hydrogen-bond donors (Lipinski definition) is 1. The fourth-order valence-corrected chi connectivity index (χ4v) is 5.44. The lowest BCUT2D eigenvalue weighted by atomic mass is 10.0. The van der Waals surface area contributed by atoms with E-state index in [1.54, 1.807) is 18.3 Å². The summed E-state index contributed by atoms with van der Waals surface area (Å²) in [6.45, 7) is 4.52. The molecule has 35 heavy (non-hydrogen) atoms. The lowest BCUT2D eigenvalue weighted by molar-refractivity contribution is 0.207. The van der Waals surface area contributed by atoms with E-state index in [1.807, 2.05) is 29.8 Å². The Morgan fingerprint density at radius 1 is 0.914 bits per heavy atom. The Kier molecular flexibility index (Phi) is 5.82. The Balaban J connectivity index is 1.39. The molecule has 0 amide bonds. The maximum Gasteiger partial charge on any atom is 0.155 e. The number of anilines is 2. The number of likely N-dealkylation sites (tertiary alicyclic amines) is 1. The highest BCUT2D eigenvalue weighted by Gasteiger charge is 2.27. The van der Waals surface area contributed by atoms with Crippen molar-refractivity contribution in [2.75, 3.05) is 43.4 Å². The van der Waals surface area contributed by atoms with E-state index in [1.165, 1.54) is 50.9 Å². The smallest absolute Gasteiger partial charge is 0.155 e. The predicted octanol–water partition coefficient (Wildman–Crippen LogP) is 4.70. The zero-order chi connectivity index (χ0) is 23.8. The molecule has 4 aromatic rings. The van der Waals surface area contributed by atoms with Crippen LogP contribution in [-0.4, -0.2) is 63.8 Å². The first kappa shape index (κ1) is 22.0. The molecule has 0 radical (unpaired) electrons. The topological polar surface area (TPSA) is 61.6 Å². The lowest BCUT2D eigenvalue weighted by Gasteiger charge is -2.37. The number of piperidine rings is 1. The third kappa shape index (κ3) is 4.23. The van der Waals surface area contributed by atoms with Crippen molar-refractivity contribution in [3.63, 3.8) is 0 Å². The van der Waals surface area contributed by atoms with Gasteiger partial charge in [0.15, 0.2) is 5.65 Å². The van der Waals surface area contributed by atoms with Crippen LogP contribution >= 0.6 is 0 Å². The average Bonchev–Trinajstić information content (AvgIpc) is 3.57. The van der Waals surface area contributed by atoms with Crippen molar-refractivity contribution >= 4 is 17.3 Å². The summed E-state index contributed by atoms with van der Waals surface area (Å²) in [4.78, 5) is 14.3. The molecule has 6 rings (SSSR count). The van der Waals surface area contributed by atoms with E-state index >= 15 is 0 Å². The van der Waals surface area contributed by atoms with Gasteiger partial charge in [0, 0.05) is 43.5 Å². The minimum Gasteiger partial charge on any atom is -0.373 e. The van der Waals surface area contributed by atoms with E-state index in [9.17, 15) is 4.39 Å². The highest BCUT2D eigenvalue weighted by atomic mass is 19.1. The van der Waals surface area contributed by atoms with E-state index in [2.05, 4.69) is 26.2 Å². The van der Waals surface area contributed by atoms with Crippen LogP contribution in [0.15, 0.2) is 54.7 Å². The molecule has 8 heteroatoms. The summed E-state index contributed by atoms with van der Waals surface area (Å²) in [7, 11) is 1.85. The first-order valence-electron chi connectivity index (χ1n) is 12.5. The molecular weight excluding hydrogens is 441 g/mol. The van der Waals surface area contributed by atoms with Gasteiger partial charge in [-0.15, -0.1) is 5.10 Å². The molecule has 0 saturated carbocycles. The summed E-state index contributed by atoms with van der Waals surface area (Å²) in [5.74, 6) is 1.46. The average molecular weight is 472 g/mol. The van der Waals surface area contributed by atoms with Gasteiger partial charge in [-0.05, 0) is 87.3 Å². The molecule has 5 heterocycles. The molecule has 1 aromatic carbocycles. The summed E-state index contributed by atoms with van der Waals surface area (Å²) in [6.07, 6.45) is 6.80. The van der Waals surface area contributed by atoms with Gasteiger partial charge in [0.1, 0.15) is 23.1 Å². The second-order valence-corrected chi connectivity index (χ2v) is 9.42. The highest BCUT2D eigenvalue weighted by Crippen LogP contribution is 2.34. The van der Waals surface area contributed by atoms with Crippen molar-refractivity contribution in [1.29, 1.82) is 0 Å². The summed E-state index contributed by atoms with van der Waals surface area (Å²) in [5.41, 5.74) is 4.21. The largest absolute Gasteiger partial charge is 0.373 e.